The highest BCUT2D eigenvalue weighted by molar-refractivity contribution is 5.80. The largest absolute Gasteiger partial charge is 0.379 e. The number of nitrogens with one attached hydrogen (secondary N) is 2. The van der Waals surface area contributed by atoms with Crippen LogP contribution >= 0.6 is 0 Å². The molecule has 140 valence electrons. The van der Waals surface area contributed by atoms with E-state index >= 15 is 0 Å². The molecule has 2 N–H and O–H groups in total. The third-order valence-electron chi connectivity index (χ3n) is 2.94. The lowest BCUT2D eigenvalue weighted by Gasteiger charge is -2.08. The van der Waals surface area contributed by atoms with Gasteiger partial charge in [0.05, 0.1) is 19.8 Å². The van der Waals surface area contributed by atoms with Crippen LogP contribution in [0.5, 0.6) is 0 Å². The highest BCUT2D eigenvalue weighted by atomic mass is 16.5. The van der Waals surface area contributed by atoms with Gasteiger partial charge in [-0.25, -0.2) is 0 Å². The maximum absolute atomic E-state index is 11.5. The number of ether oxygens (including phenoxy) is 3. The number of ketones is 1. The molecule has 0 aliphatic heterocycles. The molecule has 0 saturated carbocycles. The number of carbonyl (C=O) groups excluding carboxylic acids is 3. The summed E-state index contributed by atoms with van der Waals surface area (Å²) in [7, 11) is 0. The van der Waals surface area contributed by atoms with Crippen molar-refractivity contribution in [2.45, 2.75) is 27.2 Å². The molecule has 0 radical (unpaired) electrons. The van der Waals surface area contributed by atoms with Crippen LogP contribution in [-0.2, 0) is 28.6 Å². The molecule has 0 aromatic carbocycles. The molecule has 0 aliphatic rings. The van der Waals surface area contributed by atoms with E-state index in [0.717, 1.165) is 0 Å². The van der Waals surface area contributed by atoms with Gasteiger partial charge in [-0.15, -0.1) is 0 Å². The molecule has 0 spiro atoms. The molecule has 8 nitrogen and oxygen atoms in total. The molecule has 0 heterocycles. The molecule has 0 saturated heterocycles. The van der Waals surface area contributed by atoms with Crippen LogP contribution in [-0.4, -0.2) is 70.3 Å². The molecule has 0 aromatic heterocycles. The fraction of sp³-hybridized carbons (Fsp3) is 0.812. The smallest absolute Gasteiger partial charge is 0.246 e. The molecule has 0 atom stereocenters. The highest BCUT2D eigenvalue weighted by Gasteiger charge is 2.06. The van der Waals surface area contributed by atoms with Crippen LogP contribution in [0.2, 0.25) is 0 Å². The zero-order chi connectivity index (χ0) is 18.2. The highest BCUT2D eigenvalue weighted by Crippen LogP contribution is 1.98. The number of hydrogen-bond acceptors (Lipinski definition) is 6. The van der Waals surface area contributed by atoms with Crippen molar-refractivity contribution >= 4 is 17.6 Å². The summed E-state index contributed by atoms with van der Waals surface area (Å²) in [4.78, 5) is 34.0. The summed E-state index contributed by atoms with van der Waals surface area (Å²) in [5.41, 5.74) is 0. The molecule has 0 unspecified atom stereocenters. The van der Waals surface area contributed by atoms with Crippen molar-refractivity contribution in [1.29, 1.82) is 0 Å². The third kappa shape index (κ3) is 14.1. The van der Waals surface area contributed by atoms with Crippen LogP contribution in [0.3, 0.4) is 0 Å². The molecule has 24 heavy (non-hydrogen) atoms. The van der Waals surface area contributed by atoms with Gasteiger partial charge in [0, 0.05) is 32.0 Å². The Kier molecular flexibility index (Phi) is 14.1. The van der Waals surface area contributed by atoms with E-state index in [4.69, 9.17) is 14.2 Å². The van der Waals surface area contributed by atoms with Crippen LogP contribution in [0.4, 0.5) is 0 Å². The van der Waals surface area contributed by atoms with E-state index in [-0.39, 0.29) is 43.3 Å². The Bertz CT molecular complexity index is 374. The van der Waals surface area contributed by atoms with E-state index < -0.39 is 0 Å². The van der Waals surface area contributed by atoms with Crippen molar-refractivity contribution in [3.05, 3.63) is 0 Å². The lowest BCUT2D eigenvalue weighted by atomic mass is 10.1. The SMILES string of the molecule is CCOCC(=O)NCCOCC(=O)NCCOCCC(=O)C(C)C. The number of hydrogen-bond donors (Lipinski definition) is 2. The third-order valence-corrected chi connectivity index (χ3v) is 2.94. The number of rotatable bonds is 15. The van der Waals surface area contributed by atoms with E-state index in [1.807, 2.05) is 20.8 Å². The summed E-state index contributed by atoms with van der Waals surface area (Å²) >= 11 is 0. The molecule has 0 rings (SSSR count). The van der Waals surface area contributed by atoms with Crippen molar-refractivity contribution in [2.75, 3.05) is 52.7 Å². The molecule has 0 aromatic rings. The van der Waals surface area contributed by atoms with E-state index in [0.29, 0.717) is 39.3 Å². The Hall–Kier alpha value is -1.51. The first-order valence-electron chi connectivity index (χ1n) is 8.26. The minimum atomic E-state index is -0.252. The molecule has 0 bridgehead atoms. The molecule has 8 heteroatoms. The Morgan fingerprint density at radius 3 is 1.92 bits per heavy atom. The van der Waals surface area contributed by atoms with Gasteiger partial charge in [-0.1, -0.05) is 13.8 Å². The number of amides is 2. The van der Waals surface area contributed by atoms with Crippen molar-refractivity contribution in [3.8, 4) is 0 Å². The topological polar surface area (TPSA) is 103 Å². The van der Waals surface area contributed by atoms with E-state index in [1.165, 1.54) is 0 Å². The fourth-order valence-electron chi connectivity index (χ4n) is 1.55. The standard InChI is InChI=1S/C16H30N2O6/c1-4-22-11-15(20)18-7-10-24-12-16(21)17-6-9-23-8-5-14(19)13(2)3/h13H,4-12H2,1-3H3,(H,17,21)(H,18,20). The van der Waals surface area contributed by atoms with E-state index in [1.54, 1.807) is 0 Å². The Labute approximate surface area is 143 Å². The van der Waals surface area contributed by atoms with Gasteiger partial charge in [-0.3, -0.25) is 14.4 Å². The summed E-state index contributed by atoms with van der Waals surface area (Å²) in [6.07, 6.45) is 0.393. The Morgan fingerprint density at radius 2 is 1.38 bits per heavy atom. The average Bonchev–Trinajstić information content (AvgIpc) is 2.55. The van der Waals surface area contributed by atoms with Gasteiger partial charge < -0.3 is 24.8 Å². The summed E-state index contributed by atoms with van der Waals surface area (Å²) in [6, 6.07) is 0. The first kappa shape index (κ1) is 22.5. The molecule has 2 amide bonds. The normalized spacial score (nSPS) is 10.7. The first-order chi connectivity index (χ1) is 11.5. The van der Waals surface area contributed by atoms with Crippen LogP contribution < -0.4 is 10.6 Å². The lowest BCUT2D eigenvalue weighted by molar-refractivity contribution is -0.127. The van der Waals surface area contributed by atoms with E-state index in [2.05, 4.69) is 10.6 Å². The minimum Gasteiger partial charge on any atom is -0.379 e. The monoisotopic (exact) mass is 346 g/mol. The van der Waals surface area contributed by atoms with E-state index in [9.17, 15) is 14.4 Å². The Balaban J connectivity index is 3.38. The fourth-order valence-corrected chi connectivity index (χ4v) is 1.55. The van der Waals surface area contributed by atoms with Gasteiger partial charge in [-0.05, 0) is 6.92 Å². The molecular weight excluding hydrogens is 316 g/mol. The lowest BCUT2D eigenvalue weighted by Crippen LogP contribution is -2.33. The van der Waals surface area contributed by atoms with Gasteiger partial charge in [-0.2, -0.15) is 0 Å². The Morgan fingerprint density at radius 1 is 0.833 bits per heavy atom. The van der Waals surface area contributed by atoms with Crippen LogP contribution in [0.1, 0.15) is 27.2 Å². The minimum absolute atomic E-state index is 0.0226. The van der Waals surface area contributed by atoms with Gasteiger partial charge in [0.2, 0.25) is 11.8 Å². The van der Waals surface area contributed by atoms with Crippen molar-refractivity contribution in [1.82, 2.24) is 10.6 Å². The number of carbonyl (C=O) groups is 3. The molecule has 0 aliphatic carbocycles. The van der Waals surface area contributed by atoms with Gasteiger partial charge in [0.1, 0.15) is 19.0 Å². The second kappa shape index (κ2) is 15.0. The number of Topliss-reactive ketones (excluding diaryl/α,β-unsaturated/α-hetero) is 1. The van der Waals surface area contributed by atoms with Crippen molar-refractivity contribution < 1.29 is 28.6 Å². The summed E-state index contributed by atoms with van der Waals surface area (Å²) in [5, 5.41) is 5.25. The van der Waals surface area contributed by atoms with Crippen molar-refractivity contribution in [3.63, 3.8) is 0 Å². The average molecular weight is 346 g/mol. The van der Waals surface area contributed by atoms with Crippen molar-refractivity contribution in [2.24, 2.45) is 5.92 Å². The quantitative estimate of drug-likeness (QED) is 0.402. The maximum Gasteiger partial charge on any atom is 0.246 e. The second-order valence-corrected chi connectivity index (χ2v) is 5.37. The molecular formula is C16H30N2O6. The van der Waals surface area contributed by atoms with Gasteiger partial charge >= 0.3 is 0 Å². The molecule has 0 fully saturated rings. The zero-order valence-electron chi connectivity index (χ0n) is 14.9. The van der Waals surface area contributed by atoms with Crippen LogP contribution in [0, 0.1) is 5.92 Å². The predicted molar refractivity (Wildman–Crippen MR) is 88.6 cm³/mol. The second-order valence-electron chi connectivity index (χ2n) is 5.37. The van der Waals surface area contributed by atoms with Gasteiger partial charge in [0.15, 0.2) is 0 Å². The zero-order valence-corrected chi connectivity index (χ0v) is 14.9. The van der Waals surface area contributed by atoms with Crippen LogP contribution in [0.25, 0.3) is 0 Å². The summed E-state index contributed by atoms with van der Waals surface area (Å²) < 4.78 is 15.3. The van der Waals surface area contributed by atoms with Gasteiger partial charge in [0.25, 0.3) is 0 Å². The predicted octanol–water partition coefficient (Wildman–Crippen LogP) is -0.0963. The summed E-state index contributed by atoms with van der Waals surface area (Å²) in [6.45, 7) is 7.61. The van der Waals surface area contributed by atoms with Crippen LogP contribution in [0.15, 0.2) is 0 Å². The first-order valence-corrected chi connectivity index (χ1v) is 8.26. The summed E-state index contributed by atoms with van der Waals surface area (Å²) in [5.74, 6) is -0.273. The maximum atomic E-state index is 11.5.